The first kappa shape index (κ1) is 14.2. The van der Waals surface area contributed by atoms with Gasteiger partial charge in [-0.25, -0.2) is 8.42 Å². The third-order valence-electron chi connectivity index (χ3n) is 2.90. The average molecular weight is 255 g/mol. The lowest BCUT2D eigenvalue weighted by atomic mass is 9.86. The molecule has 0 spiro atoms. The normalized spacial score (nSPS) is 12.7. The zero-order chi connectivity index (χ0) is 13.1. The fourth-order valence-corrected chi connectivity index (χ4v) is 2.49. The van der Waals surface area contributed by atoms with Gasteiger partial charge < -0.3 is 5.73 Å². The van der Waals surface area contributed by atoms with E-state index in [0.717, 1.165) is 12.0 Å². The third-order valence-corrected chi connectivity index (χ3v) is 4.65. The first-order chi connectivity index (χ1) is 7.80. The molecule has 0 fully saturated rings. The van der Waals surface area contributed by atoms with Crippen molar-refractivity contribution in [3.05, 3.63) is 29.8 Å². The molecular weight excluding hydrogens is 234 g/mol. The van der Waals surface area contributed by atoms with E-state index in [1.807, 2.05) is 12.1 Å². The van der Waals surface area contributed by atoms with Gasteiger partial charge in [0.05, 0.1) is 10.6 Å². The van der Waals surface area contributed by atoms with Crippen molar-refractivity contribution in [3.63, 3.8) is 0 Å². The van der Waals surface area contributed by atoms with Gasteiger partial charge >= 0.3 is 0 Å². The van der Waals surface area contributed by atoms with Crippen molar-refractivity contribution in [2.24, 2.45) is 11.1 Å². The van der Waals surface area contributed by atoms with Crippen molar-refractivity contribution in [2.75, 3.05) is 12.3 Å². The quantitative estimate of drug-likeness (QED) is 0.875. The van der Waals surface area contributed by atoms with Gasteiger partial charge in [0.1, 0.15) is 0 Å². The largest absolute Gasteiger partial charge is 0.330 e. The monoisotopic (exact) mass is 255 g/mol. The zero-order valence-electron chi connectivity index (χ0n) is 10.7. The van der Waals surface area contributed by atoms with Crippen LogP contribution < -0.4 is 5.73 Å². The highest BCUT2D eigenvalue weighted by atomic mass is 32.2. The summed E-state index contributed by atoms with van der Waals surface area (Å²) >= 11 is 0. The Morgan fingerprint density at radius 2 is 1.71 bits per heavy atom. The van der Waals surface area contributed by atoms with Gasteiger partial charge in [0.15, 0.2) is 9.84 Å². The van der Waals surface area contributed by atoms with Gasteiger partial charge in [-0.3, -0.25) is 0 Å². The Kier molecular flexibility index (Phi) is 4.33. The van der Waals surface area contributed by atoms with Gasteiger partial charge in [-0.2, -0.15) is 0 Å². The average Bonchev–Trinajstić information content (AvgIpc) is 2.29. The van der Waals surface area contributed by atoms with Crippen molar-refractivity contribution < 1.29 is 8.42 Å². The molecule has 0 unspecified atom stereocenters. The van der Waals surface area contributed by atoms with Crippen LogP contribution in [0.2, 0.25) is 0 Å². The summed E-state index contributed by atoms with van der Waals surface area (Å²) in [5.41, 5.74) is 6.85. The van der Waals surface area contributed by atoms with Crippen molar-refractivity contribution >= 4 is 9.84 Å². The third kappa shape index (κ3) is 3.82. The lowest BCUT2D eigenvalue weighted by Crippen LogP contribution is -2.25. The summed E-state index contributed by atoms with van der Waals surface area (Å²) in [5.74, 6) is 0.140. The molecule has 0 radical (unpaired) electrons. The minimum Gasteiger partial charge on any atom is -0.330 e. The maximum Gasteiger partial charge on any atom is 0.178 e. The molecule has 0 aliphatic heterocycles. The standard InChI is InChI=1S/C13H21NO2S/c1-4-17(15,16)12-7-5-11(6-8-12)9-13(2,3)10-14/h5-8H,4,9-10,14H2,1-3H3. The maximum absolute atomic E-state index is 11.6. The lowest BCUT2D eigenvalue weighted by Gasteiger charge is -2.22. The molecule has 17 heavy (non-hydrogen) atoms. The summed E-state index contributed by atoms with van der Waals surface area (Å²) in [7, 11) is -3.09. The molecule has 0 saturated carbocycles. The molecule has 0 aliphatic rings. The van der Waals surface area contributed by atoms with Crippen molar-refractivity contribution in [1.82, 2.24) is 0 Å². The number of rotatable bonds is 5. The van der Waals surface area contributed by atoms with E-state index in [-0.39, 0.29) is 11.2 Å². The van der Waals surface area contributed by atoms with Crippen LogP contribution in [0.1, 0.15) is 26.3 Å². The van der Waals surface area contributed by atoms with E-state index in [1.54, 1.807) is 19.1 Å². The topological polar surface area (TPSA) is 60.2 Å². The van der Waals surface area contributed by atoms with Gasteiger partial charge in [0.2, 0.25) is 0 Å². The SMILES string of the molecule is CCS(=O)(=O)c1ccc(CC(C)(C)CN)cc1. The van der Waals surface area contributed by atoms with E-state index in [1.165, 1.54) is 0 Å². The van der Waals surface area contributed by atoms with Gasteiger partial charge in [0.25, 0.3) is 0 Å². The molecule has 0 atom stereocenters. The summed E-state index contributed by atoms with van der Waals surface area (Å²) in [6.07, 6.45) is 0.857. The molecule has 3 nitrogen and oxygen atoms in total. The summed E-state index contributed by atoms with van der Waals surface area (Å²) in [6.45, 7) is 6.47. The molecule has 2 N–H and O–H groups in total. The predicted octanol–water partition coefficient (Wildman–Crippen LogP) is 2.01. The number of benzene rings is 1. The van der Waals surface area contributed by atoms with E-state index >= 15 is 0 Å². The molecule has 0 saturated heterocycles. The fourth-order valence-electron chi connectivity index (χ4n) is 1.61. The summed E-state index contributed by atoms with van der Waals surface area (Å²) in [5, 5.41) is 0. The Morgan fingerprint density at radius 3 is 2.12 bits per heavy atom. The Bertz CT molecular complexity index is 461. The van der Waals surface area contributed by atoms with Crippen LogP contribution in [0, 0.1) is 5.41 Å². The molecule has 1 aromatic rings. The fraction of sp³-hybridized carbons (Fsp3) is 0.538. The zero-order valence-corrected chi connectivity index (χ0v) is 11.5. The van der Waals surface area contributed by atoms with Crippen molar-refractivity contribution in [2.45, 2.75) is 32.1 Å². The van der Waals surface area contributed by atoms with Crippen molar-refractivity contribution in [3.8, 4) is 0 Å². The van der Waals surface area contributed by atoms with E-state index in [4.69, 9.17) is 5.73 Å². The van der Waals surface area contributed by atoms with Gasteiger partial charge in [0, 0.05) is 0 Å². The highest BCUT2D eigenvalue weighted by Gasteiger charge is 2.17. The molecule has 1 aromatic carbocycles. The Balaban J connectivity index is 2.90. The smallest absolute Gasteiger partial charge is 0.178 e. The molecule has 0 heterocycles. The van der Waals surface area contributed by atoms with Crippen LogP contribution >= 0.6 is 0 Å². The van der Waals surface area contributed by atoms with E-state index in [2.05, 4.69) is 13.8 Å². The number of hydrogen-bond acceptors (Lipinski definition) is 3. The molecule has 0 aromatic heterocycles. The molecule has 4 heteroatoms. The maximum atomic E-state index is 11.6. The van der Waals surface area contributed by atoms with Crippen LogP contribution in [0.15, 0.2) is 29.2 Å². The lowest BCUT2D eigenvalue weighted by molar-refractivity contribution is 0.376. The first-order valence-electron chi connectivity index (χ1n) is 5.82. The highest BCUT2D eigenvalue weighted by molar-refractivity contribution is 7.91. The number of hydrogen-bond donors (Lipinski definition) is 1. The van der Waals surface area contributed by atoms with Crippen LogP contribution in [0.25, 0.3) is 0 Å². The minimum absolute atomic E-state index is 0.0468. The first-order valence-corrected chi connectivity index (χ1v) is 7.48. The van der Waals surface area contributed by atoms with Gasteiger partial charge in [-0.1, -0.05) is 32.9 Å². The Labute approximate surface area is 104 Å². The van der Waals surface area contributed by atoms with Crippen LogP contribution in [0.5, 0.6) is 0 Å². The Morgan fingerprint density at radius 1 is 1.18 bits per heavy atom. The van der Waals surface area contributed by atoms with E-state index < -0.39 is 9.84 Å². The van der Waals surface area contributed by atoms with Crippen LogP contribution in [-0.2, 0) is 16.3 Å². The summed E-state index contributed by atoms with van der Waals surface area (Å²) < 4.78 is 23.3. The molecule has 96 valence electrons. The minimum atomic E-state index is -3.09. The summed E-state index contributed by atoms with van der Waals surface area (Å²) in [4.78, 5) is 0.398. The second kappa shape index (κ2) is 5.19. The van der Waals surface area contributed by atoms with Crippen molar-refractivity contribution in [1.29, 1.82) is 0 Å². The molecular formula is C13H21NO2S. The summed E-state index contributed by atoms with van der Waals surface area (Å²) in [6, 6.07) is 7.11. The predicted molar refractivity (Wildman–Crippen MR) is 70.7 cm³/mol. The van der Waals surface area contributed by atoms with Crippen LogP contribution in [0.3, 0.4) is 0 Å². The molecule has 0 amide bonds. The van der Waals surface area contributed by atoms with Crippen LogP contribution in [0.4, 0.5) is 0 Å². The molecule has 1 rings (SSSR count). The molecule has 0 bridgehead atoms. The van der Waals surface area contributed by atoms with Gasteiger partial charge in [-0.05, 0) is 36.1 Å². The second-order valence-corrected chi connectivity index (χ2v) is 7.37. The van der Waals surface area contributed by atoms with E-state index in [9.17, 15) is 8.42 Å². The van der Waals surface area contributed by atoms with Gasteiger partial charge in [-0.15, -0.1) is 0 Å². The highest BCUT2D eigenvalue weighted by Crippen LogP contribution is 2.21. The Hall–Kier alpha value is -0.870. The van der Waals surface area contributed by atoms with Crippen LogP contribution in [-0.4, -0.2) is 20.7 Å². The number of nitrogens with two attached hydrogens (primary N) is 1. The number of sulfone groups is 1. The van der Waals surface area contributed by atoms with E-state index in [0.29, 0.717) is 11.4 Å². The second-order valence-electron chi connectivity index (χ2n) is 5.09. The molecule has 0 aliphatic carbocycles.